The van der Waals surface area contributed by atoms with Crippen LogP contribution < -0.4 is 0 Å². The summed E-state index contributed by atoms with van der Waals surface area (Å²) in [6.45, 7) is 9.51. The van der Waals surface area contributed by atoms with Gasteiger partial charge >= 0.3 is 0 Å². The van der Waals surface area contributed by atoms with Gasteiger partial charge in [0.1, 0.15) is 5.82 Å². The van der Waals surface area contributed by atoms with Crippen LogP contribution in [-0.4, -0.2) is 9.55 Å². The van der Waals surface area contributed by atoms with E-state index in [0.717, 1.165) is 17.9 Å². The fourth-order valence-corrected chi connectivity index (χ4v) is 2.40. The van der Waals surface area contributed by atoms with Gasteiger partial charge in [0, 0.05) is 6.54 Å². The molecule has 0 aliphatic rings. The van der Waals surface area contributed by atoms with Gasteiger partial charge in [0.15, 0.2) is 0 Å². The molecule has 0 spiro atoms. The van der Waals surface area contributed by atoms with Crippen molar-refractivity contribution in [2.75, 3.05) is 0 Å². The van der Waals surface area contributed by atoms with Gasteiger partial charge in [-0.15, -0.1) is 11.6 Å². The molecular weight excluding hydrogens is 232 g/mol. The van der Waals surface area contributed by atoms with Crippen LogP contribution in [0.2, 0.25) is 0 Å². The van der Waals surface area contributed by atoms with E-state index in [1.54, 1.807) is 0 Å². The van der Waals surface area contributed by atoms with E-state index in [1.807, 2.05) is 13.0 Å². The van der Waals surface area contributed by atoms with E-state index in [1.165, 1.54) is 11.1 Å². The fraction of sp³-hybridized carbons (Fsp3) is 0.500. The fourth-order valence-electron chi connectivity index (χ4n) is 2.24. The summed E-state index contributed by atoms with van der Waals surface area (Å²) in [6, 6.07) is 6.23. The third kappa shape index (κ3) is 2.32. The molecule has 0 radical (unpaired) electrons. The largest absolute Gasteiger partial charge is 0.326 e. The Morgan fingerprint density at radius 3 is 2.59 bits per heavy atom. The average Bonchev–Trinajstić information content (AvgIpc) is 2.57. The Labute approximate surface area is 108 Å². The van der Waals surface area contributed by atoms with Gasteiger partial charge < -0.3 is 4.57 Å². The van der Waals surface area contributed by atoms with Crippen molar-refractivity contribution < 1.29 is 0 Å². The van der Waals surface area contributed by atoms with Gasteiger partial charge in [-0.1, -0.05) is 26.0 Å². The molecule has 0 saturated carbocycles. The highest BCUT2D eigenvalue weighted by Crippen LogP contribution is 2.27. The summed E-state index contributed by atoms with van der Waals surface area (Å²) in [4.78, 5) is 4.66. The van der Waals surface area contributed by atoms with Crippen LogP contribution in [0.5, 0.6) is 0 Å². The zero-order valence-corrected chi connectivity index (χ0v) is 11.6. The number of aromatic nitrogens is 2. The van der Waals surface area contributed by atoms with Crippen molar-refractivity contribution in [3.05, 3.63) is 29.6 Å². The van der Waals surface area contributed by atoms with Gasteiger partial charge in [0.05, 0.1) is 16.4 Å². The molecule has 0 bridgehead atoms. The molecule has 2 nitrogen and oxygen atoms in total. The Balaban J connectivity index is 2.69. The first kappa shape index (κ1) is 12.4. The first-order valence-electron chi connectivity index (χ1n) is 6.10. The molecule has 0 amide bonds. The van der Waals surface area contributed by atoms with Crippen LogP contribution in [0.3, 0.4) is 0 Å². The average molecular weight is 251 g/mol. The van der Waals surface area contributed by atoms with Gasteiger partial charge in [-0.2, -0.15) is 0 Å². The smallest absolute Gasteiger partial charge is 0.127 e. The van der Waals surface area contributed by atoms with Crippen molar-refractivity contribution in [2.45, 2.75) is 39.6 Å². The Bertz CT molecular complexity index is 526. The van der Waals surface area contributed by atoms with Gasteiger partial charge in [0.2, 0.25) is 0 Å². The van der Waals surface area contributed by atoms with Gasteiger partial charge in [-0.05, 0) is 31.4 Å². The minimum absolute atomic E-state index is 0.0550. The van der Waals surface area contributed by atoms with Crippen LogP contribution in [0.1, 0.15) is 37.5 Å². The maximum absolute atomic E-state index is 6.23. The molecular formula is C14H19ClN2. The van der Waals surface area contributed by atoms with Crippen molar-refractivity contribution in [1.29, 1.82) is 0 Å². The van der Waals surface area contributed by atoms with Crippen LogP contribution in [-0.2, 0) is 6.54 Å². The summed E-state index contributed by atoms with van der Waals surface area (Å²) in [7, 11) is 0. The summed E-state index contributed by atoms with van der Waals surface area (Å²) in [5, 5.41) is -0.0550. The Kier molecular flexibility index (Phi) is 3.43. The van der Waals surface area contributed by atoms with E-state index in [0.29, 0.717) is 5.92 Å². The Morgan fingerprint density at radius 2 is 2.00 bits per heavy atom. The van der Waals surface area contributed by atoms with Crippen molar-refractivity contribution >= 4 is 22.6 Å². The van der Waals surface area contributed by atoms with E-state index in [2.05, 4.69) is 42.5 Å². The van der Waals surface area contributed by atoms with E-state index in [4.69, 9.17) is 11.6 Å². The molecule has 17 heavy (non-hydrogen) atoms. The molecule has 0 fully saturated rings. The Morgan fingerprint density at radius 1 is 1.29 bits per heavy atom. The molecule has 2 rings (SSSR count). The summed E-state index contributed by atoms with van der Waals surface area (Å²) in [5.74, 6) is 1.56. The molecule has 92 valence electrons. The van der Waals surface area contributed by atoms with Crippen molar-refractivity contribution in [3.8, 4) is 0 Å². The predicted molar refractivity (Wildman–Crippen MR) is 73.6 cm³/mol. The minimum Gasteiger partial charge on any atom is -0.326 e. The molecule has 2 aromatic rings. The van der Waals surface area contributed by atoms with E-state index >= 15 is 0 Å². The quantitative estimate of drug-likeness (QED) is 0.743. The Hall–Kier alpha value is -1.02. The maximum atomic E-state index is 6.23. The highest BCUT2D eigenvalue weighted by molar-refractivity contribution is 6.20. The molecule has 0 saturated heterocycles. The van der Waals surface area contributed by atoms with E-state index < -0.39 is 0 Å². The zero-order valence-electron chi connectivity index (χ0n) is 10.9. The van der Waals surface area contributed by atoms with Gasteiger partial charge in [0.25, 0.3) is 0 Å². The molecule has 0 N–H and O–H groups in total. The van der Waals surface area contributed by atoms with Crippen molar-refractivity contribution in [2.24, 2.45) is 5.92 Å². The monoisotopic (exact) mass is 250 g/mol. The lowest BCUT2D eigenvalue weighted by atomic mass is 10.2. The number of para-hydroxylation sites is 1. The van der Waals surface area contributed by atoms with Crippen LogP contribution >= 0.6 is 11.6 Å². The highest BCUT2D eigenvalue weighted by atomic mass is 35.5. The van der Waals surface area contributed by atoms with Crippen LogP contribution in [0.25, 0.3) is 11.0 Å². The zero-order chi connectivity index (χ0) is 12.6. The van der Waals surface area contributed by atoms with Crippen molar-refractivity contribution in [3.63, 3.8) is 0 Å². The SMILES string of the molecule is Cc1cccc2nc(C(C)Cl)n(CC(C)C)c12. The maximum Gasteiger partial charge on any atom is 0.127 e. The van der Waals surface area contributed by atoms with E-state index in [-0.39, 0.29) is 5.38 Å². The third-order valence-corrected chi connectivity index (χ3v) is 3.10. The minimum atomic E-state index is -0.0550. The molecule has 1 unspecified atom stereocenters. The number of aryl methyl sites for hydroxylation is 1. The first-order chi connectivity index (χ1) is 8.00. The number of rotatable bonds is 3. The molecule has 1 heterocycles. The topological polar surface area (TPSA) is 17.8 Å². The number of alkyl halides is 1. The second-order valence-corrected chi connectivity index (χ2v) is 5.69. The summed E-state index contributed by atoms with van der Waals surface area (Å²) >= 11 is 6.23. The molecule has 0 aliphatic carbocycles. The number of halogens is 1. The molecule has 3 heteroatoms. The van der Waals surface area contributed by atoms with E-state index in [9.17, 15) is 0 Å². The number of hydrogen-bond donors (Lipinski definition) is 0. The number of fused-ring (bicyclic) bond motifs is 1. The van der Waals surface area contributed by atoms with Crippen LogP contribution in [0.4, 0.5) is 0 Å². The number of benzene rings is 1. The molecule has 1 atom stereocenters. The molecule has 1 aromatic carbocycles. The summed E-state index contributed by atoms with van der Waals surface area (Å²) < 4.78 is 2.27. The van der Waals surface area contributed by atoms with Crippen LogP contribution in [0.15, 0.2) is 18.2 Å². The third-order valence-electron chi connectivity index (χ3n) is 2.90. The summed E-state index contributed by atoms with van der Waals surface area (Å²) in [6.07, 6.45) is 0. The highest BCUT2D eigenvalue weighted by Gasteiger charge is 2.16. The predicted octanol–water partition coefficient (Wildman–Crippen LogP) is 4.30. The molecule has 1 aromatic heterocycles. The first-order valence-corrected chi connectivity index (χ1v) is 6.54. The lowest BCUT2D eigenvalue weighted by molar-refractivity contribution is 0.516. The second-order valence-electron chi connectivity index (χ2n) is 5.03. The number of nitrogens with zero attached hydrogens (tertiary/aromatic N) is 2. The van der Waals surface area contributed by atoms with Gasteiger partial charge in [-0.3, -0.25) is 0 Å². The molecule has 0 aliphatic heterocycles. The number of hydrogen-bond acceptors (Lipinski definition) is 1. The normalized spacial score (nSPS) is 13.5. The number of imidazole rings is 1. The van der Waals surface area contributed by atoms with Crippen molar-refractivity contribution in [1.82, 2.24) is 9.55 Å². The standard InChI is InChI=1S/C14H19ClN2/c1-9(2)8-17-13-10(3)6-5-7-12(13)16-14(17)11(4)15/h5-7,9,11H,8H2,1-4H3. The lowest BCUT2D eigenvalue weighted by Gasteiger charge is -2.13. The summed E-state index contributed by atoms with van der Waals surface area (Å²) in [5.41, 5.74) is 3.54. The lowest BCUT2D eigenvalue weighted by Crippen LogP contribution is -2.09. The van der Waals surface area contributed by atoms with Crippen LogP contribution in [0, 0.1) is 12.8 Å². The second kappa shape index (κ2) is 4.69. The van der Waals surface area contributed by atoms with Gasteiger partial charge in [-0.25, -0.2) is 4.98 Å².